The standard InChI is InChI=1S/C20H32N4O2/c1-15(2)19(21)20(26)23-13-18(25)22-12-17-10-6-7-11-24(17)14-16-8-4-3-5-9-16/h3-5,8-9,15,17,19H,6-7,10-14,21H2,1-2H3,(H,22,25)(H,23,26)/t17?,19-/m0/s1. The van der Waals surface area contributed by atoms with Crippen LogP contribution in [0.15, 0.2) is 30.3 Å². The van der Waals surface area contributed by atoms with Crippen molar-refractivity contribution in [2.45, 2.75) is 51.7 Å². The lowest BCUT2D eigenvalue weighted by Crippen LogP contribution is -2.50. The third-order valence-electron chi connectivity index (χ3n) is 4.96. The summed E-state index contributed by atoms with van der Waals surface area (Å²) in [5.74, 6) is -0.398. The smallest absolute Gasteiger partial charge is 0.239 e. The number of piperidine rings is 1. The number of hydrogen-bond acceptors (Lipinski definition) is 4. The lowest BCUT2D eigenvalue weighted by molar-refractivity contribution is -0.127. The van der Waals surface area contributed by atoms with Crippen LogP contribution in [0.3, 0.4) is 0 Å². The summed E-state index contributed by atoms with van der Waals surface area (Å²) in [5.41, 5.74) is 7.07. The highest BCUT2D eigenvalue weighted by Crippen LogP contribution is 2.19. The zero-order chi connectivity index (χ0) is 18.9. The van der Waals surface area contributed by atoms with Crippen molar-refractivity contribution in [2.24, 2.45) is 11.7 Å². The Bertz CT molecular complexity index is 576. The lowest BCUT2D eigenvalue weighted by Gasteiger charge is -2.36. The van der Waals surface area contributed by atoms with E-state index in [-0.39, 0.29) is 24.3 Å². The van der Waals surface area contributed by atoms with Crippen LogP contribution in [0.25, 0.3) is 0 Å². The van der Waals surface area contributed by atoms with Crippen LogP contribution in [0.1, 0.15) is 38.7 Å². The average Bonchev–Trinajstić information content (AvgIpc) is 2.65. The highest BCUT2D eigenvalue weighted by Gasteiger charge is 2.23. The summed E-state index contributed by atoms with van der Waals surface area (Å²) in [6, 6.07) is 10.2. The number of nitrogens with one attached hydrogen (secondary N) is 2. The summed E-state index contributed by atoms with van der Waals surface area (Å²) in [7, 11) is 0. The van der Waals surface area contributed by atoms with E-state index in [9.17, 15) is 9.59 Å². The van der Waals surface area contributed by atoms with Crippen molar-refractivity contribution in [1.82, 2.24) is 15.5 Å². The Hall–Kier alpha value is -1.92. The zero-order valence-electron chi connectivity index (χ0n) is 15.9. The van der Waals surface area contributed by atoms with Gasteiger partial charge in [-0.25, -0.2) is 0 Å². The van der Waals surface area contributed by atoms with E-state index in [1.165, 1.54) is 18.4 Å². The summed E-state index contributed by atoms with van der Waals surface area (Å²) in [4.78, 5) is 26.3. The Labute approximate surface area is 156 Å². The van der Waals surface area contributed by atoms with Crippen molar-refractivity contribution in [1.29, 1.82) is 0 Å². The molecule has 1 aliphatic rings. The molecule has 0 aliphatic carbocycles. The second-order valence-electron chi connectivity index (χ2n) is 7.40. The molecule has 0 saturated carbocycles. The Morgan fingerprint density at radius 1 is 1.19 bits per heavy atom. The Morgan fingerprint density at radius 2 is 1.92 bits per heavy atom. The molecule has 0 radical (unpaired) electrons. The minimum absolute atomic E-state index is 0.0232. The molecule has 26 heavy (non-hydrogen) atoms. The van der Waals surface area contributed by atoms with Crippen LogP contribution < -0.4 is 16.4 Å². The molecule has 1 aliphatic heterocycles. The van der Waals surface area contributed by atoms with Gasteiger partial charge in [-0.1, -0.05) is 50.6 Å². The van der Waals surface area contributed by atoms with Crippen LogP contribution in [-0.2, 0) is 16.1 Å². The van der Waals surface area contributed by atoms with E-state index < -0.39 is 6.04 Å². The Kier molecular flexibility index (Phi) is 8.06. The SMILES string of the molecule is CC(C)[C@H](N)C(=O)NCC(=O)NCC1CCCCN1Cc1ccccc1. The van der Waals surface area contributed by atoms with Gasteiger partial charge in [0.15, 0.2) is 0 Å². The van der Waals surface area contributed by atoms with Gasteiger partial charge in [0.05, 0.1) is 12.6 Å². The van der Waals surface area contributed by atoms with Crippen molar-refractivity contribution in [3.8, 4) is 0 Å². The van der Waals surface area contributed by atoms with Crippen molar-refractivity contribution in [2.75, 3.05) is 19.6 Å². The first kappa shape index (κ1) is 20.4. The van der Waals surface area contributed by atoms with Crippen LogP contribution in [0, 0.1) is 5.92 Å². The Balaban J connectivity index is 1.77. The van der Waals surface area contributed by atoms with Gasteiger partial charge in [0.2, 0.25) is 11.8 Å². The molecule has 1 heterocycles. The van der Waals surface area contributed by atoms with Crippen molar-refractivity contribution in [3.63, 3.8) is 0 Å². The number of carbonyl (C=O) groups excluding carboxylic acids is 2. The summed E-state index contributed by atoms with van der Waals surface area (Å²) >= 11 is 0. The van der Waals surface area contributed by atoms with Crippen LogP contribution >= 0.6 is 0 Å². The first-order valence-electron chi connectivity index (χ1n) is 9.55. The molecule has 0 aromatic heterocycles. The maximum Gasteiger partial charge on any atom is 0.239 e. The highest BCUT2D eigenvalue weighted by molar-refractivity contribution is 5.87. The third-order valence-corrected chi connectivity index (χ3v) is 4.96. The van der Waals surface area contributed by atoms with Gasteiger partial charge in [0.1, 0.15) is 0 Å². The fourth-order valence-electron chi connectivity index (χ4n) is 3.20. The molecule has 0 bridgehead atoms. The monoisotopic (exact) mass is 360 g/mol. The molecule has 2 rings (SSSR count). The van der Waals surface area contributed by atoms with Crippen LogP contribution in [0.2, 0.25) is 0 Å². The second kappa shape index (κ2) is 10.3. The van der Waals surface area contributed by atoms with Gasteiger partial charge in [0.25, 0.3) is 0 Å². The summed E-state index contributed by atoms with van der Waals surface area (Å²) in [5, 5.41) is 5.57. The van der Waals surface area contributed by atoms with E-state index in [2.05, 4.69) is 39.8 Å². The number of nitrogens with zero attached hydrogens (tertiary/aromatic N) is 1. The van der Waals surface area contributed by atoms with Crippen molar-refractivity contribution >= 4 is 11.8 Å². The zero-order valence-corrected chi connectivity index (χ0v) is 15.9. The molecule has 1 saturated heterocycles. The van der Waals surface area contributed by atoms with Gasteiger partial charge in [-0.3, -0.25) is 14.5 Å². The van der Waals surface area contributed by atoms with E-state index in [4.69, 9.17) is 5.73 Å². The second-order valence-corrected chi connectivity index (χ2v) is 7.40. The fraction of sp³-hybridized carbons (Fsp3) is 0.600. The normalized spacial score (nSPS) is 19.2. The molecular formula is C20H32N4O2. The molecule has 6 heteroatoms. The van der Waals surface area contributed by atoms with Gasteiger partial charge < -0.3 is 16.4 Å². The molecule has 2 atom stereocenters. The third kappa shape index (κ3) is 6.42. The Morgan fingerprint density at radius 3 is 2.62 bits per heavy atom. The topological polar surface area (TPSA) is 87.5 Å². The van der Waals surface area contributed by atoms with Crippen LogP contribution in [0.5, 0.6) is 0 Å². The van der Waals surface area contributed by atoms with E-state index in [0.717, 1.165) is 19.5 Å². The lowest BCUT2D eigenvalue weighted by atomic mass is 10.0. The predicted molar refractivity (Wildman–Crippen MR) is 103 cm³/mol. The number of benzene rings is 1. The van der Waals surface area contributed by atoms with Gasteiger partial charge in [-0.2, -0.15) is 0 Å². The highest BCUT2D eigenvalue weighted by atomic mass is 16.2. The van der Waals surface area contributed by atoms with Gasteiger partial charge in [0, 0.05) is 19.1 Å². The van der Waals surface area contributed by atoms with Gasteiger partial charge in [-0.05, 0) is 30.9 Å². The van der Waals surface area contributed by atoms with E-state index in [1.807, 2.05) is 19.9 Å². The van der Waals surface area contributed by atoms with Gasteiger partial charge in [-0.15, -0.1) is 0 Å². The van der Waals surface area contributed by atoms with Crippen LogP contribution in [0.4, 0.5) is 0 Å². The number of carbonyl (C=O) groups is 2. The minimum Gasteiger partial charge on any atom is -0.353 e. The molecule has 1 aromatic rings. The van der Waals surface area contributed by atoms with Crippen LogP contribution in [-0.4, -0.2) is 48.4 Å². The average molecular weight is 361 g/mol. The van der Waals surface area contributed by atoms with E-state index in [0.29, 0.717) is 12.6 Å². The van der Waals surface area contributed by atoms with E-state index >= 15 is 0 Å². The molecule has 1 unspecified atom stereocenters. The maximum atomic E-state index is 12.1. The summed E-state index contributed by atoms with van der Waals surface area (Å²) < 4.78 is 0. The summed E-state index contributed by atoms with van der Waals surface area (Å²) in [6.07, 6.45) is 3.46. The molecule has 2 amide bonds. The molecule has 4 N–H and O–H groups in total. The number of hydrogen-bond donors (Lipinski definition) is 3. The molecule has 0 spiro atoms. The van der Waals surface area contributed by atoms with Crippen molar-refractivity contribution in [3.05, 3.63) is 35.9 Å². The predicted octanol–water partition coefficient (Wildman–Crippen LogP) is 1.26. The largest absolute Gasteiger partial charge is 0.353 e. The van der Waals surface area contributed by atoms with Gasteiger partial charge >= 0.3 is 0 Å². The van der Waals surface area contributed by atoms with Crippen molar-refractivity contribution < 1.29 is 9.59 Å². The molecule has 6 nitrogen and oxygen atoms in total. The summed E-state index contributed by atoms with van der Waals surface area (Å²) in [6.45, 7) is 6.31. The van der Waals surface area contributed by atoms with E-state index in [1.54, 1.807) is 0 Å². The maximum absolute atomic E-state index is 12.1. The number of likely N-dealkylation sites (tertiary alicyclic amines) is 1. The number of rotatable bonds is 8. The molecule has 1 aromatic carbocycles. The number of nitrogens with two attached hydrogens (primary N) is 1. The first-order chi connectivity index (χ1) is 12.5. The minimum atomic E-state index is -0.581. The quantitative estimate of drug-likeness (QED) is 0.651. The fourth-order valence-corrected chi connectivity index (χ4v) is 3.20. The molecular weight excluding hydrogens is 328 g/mol. The number of amides is 2. The first-order valence-corrected chi connectivity index (χ1v) is 9.55. The molecule has 144 valence electrons. The molecule has 1 fully saturated rings.